The standard InChI is InChI=1S/C21H39N5O2.HI/c1-16(2)19(25-10-12-28-13-11-25)14-23-21(22-3)24-18-8-9-26(15-18)20(27)17-6-4-5-7-17;/h16-19H,4-15H2,1-3H3,(H2,22,23,24);1H. The summed E-state index contributed by atoms with van der Waals surface area (Å²) in [7, 11) is 1.82. The molecule has 3 rings (SSSR count). The third-order valence-electron chi connectivity index (χ3n) is 6.53. The summed E-state index contributed by atoms with van der Waals surface area (Å²) in [6.07, 6.45) is 5.57. The van der Waals surface area contributed by atoms with Gasteiger partial charge >= 0.3 is 0 Å². The van der Waals surface area contributed by atoms with E-state index in [0.717, 1.165) is 71.2 Å². The lowest BCUT2D eigenvalue weighted by Gasteiger charge is -2.37. The van der Waals surface area contributed by atoms with E-state index in [4.69, 9.17) is 4.74 Å². The summed E-state index contributed by atoms with van der Waals surface area (Å²) < 4.78 is 5.50. The minimum Gasteiger partial charge on any atom is -0.379 e. The van der Waals surface area contributed by atoms with Crippen LogP contribution in [0.15, 0.2) is 4.99 Å². The maximum absolute atomic E-state index is 12.7. The monoisotopic (exact) mass is 521 g/mol. The molecule has 2 unspecified atom stereocenters. The summed E-state index contributed by atoms with van der Waals surface area (Å²) in [6.45, 7) is 10.7. The molecule has 1 amide bonds. The molecule has 1 saturated carbocycles. The molecule has 2 heterocycles. The van der Waals surface area contributed by atoms with Crippen molar-refractivity contribution in [3.05, 3.63) is 0 Å². The lowest BCUT2D eigenvalue weighted by molar-refractivity contribution is -0.134. The quantitative estimate of drug-likeness (QED) is 0.318. The molecule has 0 aromatic rings. The second kappa shape index (κ2) is 12.3. The van der Waals surface area contributed by atoms with Crippen LogP contribution >= 0.6 is 24.0 Å². The summed E-state index contributed by atoms with van der Waals surface area (Å²) in [5, 5.41) is 7.07. The van der Waals surface area contributed by atoms with Crippen molar-refractivity contribution in [1.29, 1.82) is 0 Å². The molecule has 0 bridgehead atoms. The van der Waals surface area contributed by atoms with Gasteiger partial charge in [0.15, 0.2) is 5.96 Å². The first-order valence-corrected chi connectivity index (χ1v) is 11.2. The zero-order chi connectivity index (χ0) is 19.9. The van der Waals surface area contributed by atoms with Gasteiger partial charge in [-0.15, -0.1) is 24.0 Å². The number of hydrogen-bond donors (Lipinski definition) is 2. The second-order valence-electron chi connectivity index (χ2n) is 8.81. The van der Waals surface area contributed by atoms with E-state index in [1.165, 1.54) is 12.8 Å². The van der Waals surface area contributed by atoms with Crippen molar-refractivity contribution in [2.75, 3.05) is 53.0 Å². The average molecular weight is 521 g/mol. The minimum atomic E-state index is 0. The number of aliphatic imine (C=N–C) groups is 1. The Morgan fingerprint density at radius 2 is 1.83 bits per heavy atom. The Morgan fingerprint density at radius 3 is 2.45 bits per heavy atom. The number of morpholine rings is 1. The molecular weight excluding hydrogens is 481 g/mol. The van der Waals surface area contributed by atoms with Gasteiger partial charge in [-0.05, 0) is 25.2 Å². The number of nitrogens with zero attached hydrogens (tertiary/aromatic N) is 3. The van der Waals surface area contributed by atoms with E-state index in [2.05, 4.69) is 39.3 Å². The molecule has 3 aliphatic rings. The second-order valence-corrected chi connectivity index (χ2v) is 8.81. The van der Waals surface area contributed by atoms with Crippen LogP contribution in [0.25, 0.3) is 0 Å². The van der Waals surface area contributed by atoms with E-state index in [9.17, 15) is 4.79 Å². The lowest BCUT2D eigenvalue weighted by Crippen LogP contribution is -2.53. The summed E-state index contributed by atoms with van der Waals surface area (Å²) in [5.74, 6) is 2.06. The van der Waals surface area contributed by atoms with E-state index >= 15 is 0 Å². The molecule has 7 nitrogen and oxygen atoms in total. The predicted octanol–water partition coefficient (Wildman–Crippen LogP) is 1.92. The number of amides is 1. The molecule has 29 heavy (non-hydrogen) atoms. The van der Waals surface area contributed by atoms with Gasteiger partial charge in [0.1, 0.15) is 0 Å². The first-order valence-electron chi connectivity index (χ1n) is 11.2. The number of likely N-dealkylation sites (tertiary alicyclic amines) is 1. The smallest absolute Gasteiger partial charge is 0.225 e. The molecule has 2 saturated heterocycles. The fraction of sp³-hybridized carbons (Fsp3) is 0.905. The van der Waals surface area contributed by atoms with Crippen molar-refractivity contribution in [2.45, 2.75) is 58.0 Å². The maximum atomic E-state index is 12.7. The minimum absolute atomic E-state index is 0. The van der Waals surface area contributed by atoms with E-state index in [1.54, 1.807) is 0 Å². The Bertz CT molecular complexity index is 533. The molecule has 3 fully saturated rings. The van der Waals surface area contributed by atoms with Gasteiger partial charge in [0.05, 0.1) is 13.2 Å². The zero-order valence-electron chi connectivity index (χ0n) is 18.4. The molecule has 8 heteroatoms. The van der Waals surface area contributed by atoms with Crippen molar-refractivity contribution in [3.63, 3.8) is 0 Å². The van der Waals surface area contributed by atoms with E-state index < -0.39 is 0 Å². The third-order valence-corrected chi connectivity index (χ3v) is 6.53. The summed E-state index contributed by atoms with van der Waals surface area (Å²) >= 11 is 0. The Morgan fingerprint density at radius 1 is 1.14 bits per heavy atom. The first kappa shape index (κ1) is 24.7. The van der Waals surface area contributed by atoms with Crippen LogP contribution < -0.4 is 10.6 Å². The Kier molecular flexibility index (Phi) is 10.5. The largest absolute Gasteiger partial charge is 0.379 e. The number of halogens is 1. The molecule has 2 aliphatic heterocycles. The van der Waals surface area contributed by atoms with Gasteiger partial charge < -0.3 is 20.3 Å². The van der Waals surface area contributed by atoms with E-state index in [-0.39, 0.29) is 35.9 Å². The number of hydrogen-bond acceptors (Lipinski definition) is 4. The first-order chi connectivity index (χ1) is 13.6. The van der Waals surface area contributed by atoms with Gasteiger partial charge in [-0.1, -0.05) is 26.7 Å². The number of nitrogens with one attached hydrogen (secondary N) is 2. The van der Waals surface area contributed by atoms with Crippen molar-refractivity contribution in [3.8, 4) is 0 Å². The van der Waals surface area contributed by atoms with E-state index in [1.807, 2.05) is 7.05 Å². The Labute approximate surface area is 193 Å². The molecule has 0 aromatic heterocycles. The summed E-state index contributed by atoms with van der Waals surface area (Å²) in [5.41, 5.74) is 0. The van der Waals surface area contributed by atoms with Crippen LogP contribution in [0.2, 0.25) is 0 Å². The lowest BCUT2D eigenvalue weighted by atomic mass is 10.0. The molecule has 2 atom stereocenters. The molecule has 0 radical (unpaired) electrons. The van der Waals surface area contributed by atoms with Crippen molar-refractivity contribution < 1.29 is 9.53 Å². The van der Waals surface area contributed by atoms with Crippen LogP contribution in [0.3, 0.4) is 0 Å². The molecule has 0 spiro atoms. The van der Waals surface area contributed by atoms with Crippen molar-refractivity contribution >= 4 is 35.8 Å². The van der Waals surface area contributed by atoms with Gasteiger partial charge in [0, 0.05) is 57.8 Å². The van der Waals surface area contributed by atoms with Gasteiger partial charge in [-0.25, -0.2) is 0 Å². The molecule has 168 valence electrons. The number of guanidine groups is 1. The van der Waals surface area contributed by atoms with Gasteiger partial charge in [0.2, 0.25) is 5.91 Å². The topological polar surface area (TPSA) is 69.2 Å². The number of carbonyl (C=O) groups is 1. The summed E-state index contributed by atoms with van der Waals surface area (Å²) in [4.78, 5) is 21.7. The van der Waals surface area contributed by atoms with Crippen LogP contribution in [-0.4, -0.2) is 86.7 Å². The predicted molar refractivity (Wildman–Crippen MR) is 128 cm³/mol. The Hall–Kier alpha value is -0.610. The van der Waals surface area contributed by atoms with Crippen LogP contribution in [0, 0.1) is 11.8 Å². The van der Waals surface area contributed by atoms with Crippen LogP contribution in [-0.2, 0) is 9.53 Å². The summed E-state index contributed by atoms with van der Waals surface area (Å²) in [6, 6.07) is 0.754. The third kappa shape index (κ3) is 6.95. The van der Waals surface area contributed by atoms with Crippen LogP contribution in [0.1, 0.15) is 46.0 Å². The maximum Gasteiger partial charge on any atom is 0.225 e. The highest BCUT2D eigenvalue weighted by Crippen LogP contribution is 2.27. The normalized spacial score (nSPS) is 25.2. The van der Waals surface area contributed by atoms with Crippen LogP contribution in [0.5, 0.6) is 0 Å². The zero-order valence-corrected chi connectivity index (χ0v) is 20.7. The highest BCUT2D eigenvalue weighted by atomic mass is 127. The van der Waals surface area contributed by atoms with Crippen molar-refractivity contribution in [2.24, 2.45) is 16.8 Å². The highest BCUT2D eigenvalue weighted by molar-refractivity contribution is 14.0. The number of ether oxygens (including phenoxy) is 1. The Balaban J connectivity index is 0.00000300. The molecular formula is C21H40IN5O2. The SMILES string of the molecule is CN=C(NCC(C(C)C)N1CCOCC1)NC1CCN(C(=O)C2CCCC2)C1.I. The molecule has 1 aliphatic carbocycles. The van der Waals surface area contributed by atoms with Crippen molar-refractivity contribution in [1.82, 2.24) is 20.4 Å². The van der Waals surface area contributed by atoms with E-state index in [0.29, 0.717) is 17.9 Å². The highest BCUT2D eigenvalue weighted by Gasteiger charge is 2.32. The van der Waals surface area contributed by atoms with Gasteiger partial charge in [-0.3, -0.25) is 14.7 Å². The molecule has 0 aromatic carbocycles. The number of rotatable bonds is 6. The van der Waals surface area contributed by atoms with Gasteiger partial charge in [0.25, 0.3) is 0 Å². The molecule has 2 N–H and O–H groups in total. The number of carbonyl (C=O) groups excluding carboxylic acids is 1. The fourth-order valence-electron chi connectivity index (χ4n) is 4.79. The van der Waals surface area contributed by atoms with Crippen LogP contribution in [0.4, 0.5) is 0 Å². The van der Waals surface area contributed by atoms with Gasteiger partial charge in [-0.2, -0.15) is 0 Å². The average Bonchev–Trinajstić information content (AvgIpc) is 3.39. The fourth-order valence-corrected chi connectivity index (χ4v) is 4.79.